The number of aryl methyl sites for hydroxylation is 1. The molecule has 2 aliphatic rings. The number of methoxy groups -OCH3 is 2. The van der Waals surface area contributed by atoms with Gasteiger partial charge in [0.2, 0.25) is 0 Å². The van der Waals surface area contributed by atoms with Gasteiger partial charge in [0.1, 0.15) is 40.9 Å². The van der Waals surface area contributed by atoms with Crippen molar-refractivity contribution < 1.29 is 33.2 Å². The van der Waals surface area contributed by atoms with Crippen LogP contribution in [0.3, 0.4) is 0 Å². The van der Waals surface area contributed by atoms with Crippen LogP contribution in [0.5, 0.6) is 28.7 Å². The van der Waals surface area contributed by atoms with Gasteiger partial charge in [-0.3, -0.25) is 9.69 Å². The van der Waals surface area contributed by atoms with Crippen LogP contribution in [0.15, 0.2) is 60.7 Å². The van der Waals surface area contributed by atoms with Crippen LogP contribution in [-0.4, -0.2) is 66.1 Å². The van der Waals surface area contributed by atoms with Crippen molar-refractivity contribution in [3.63, 3.8) is 0 Å². The molecule has 1 amide bonds. The number of halogens is 1. The van der Waals surface area contributed by atoms with Crippen molar-refractivity contribution in [2.75, 3.05) is 43.8 Å². The molecule has 2 atom stereocenters. The van der Waals surface area contributed by atoms with Crippen LogP contribution in [0.25, 0.3) is 10.9 Å². The summed E-state index contributed by atoms with van der Waals surface area (Å²) < 4.78 is 37.4. The molecule has 2 aliphatic heterocycles. The lowest BCUT2D eigenvalue weighted by Crippen LogP contribution is -2.24. The van der Waals surface area contributed by atoms with E-state index in [1.165, 1.54) is 19.5 Å². The molecule has 234 valence electrons. The molecule has 45 heavy (non-hydrogen) atoms. The third kappa shape index (κ3) is 6.26. The Bertz CT molecular complexity index is 1800. The normalized spacial score (nSPS) is 17.8. The summed E-state index contributed by atoms with van der Waals surface area (Å²) in [6.45, 7) is 2.75. The highest BCUT2D eigenvalue weighted by atomic mass is 19.1. The lowest BCUT2D eigenvalue weighted by Gasteiger charge is -2.17. The average Bonchev–Trinajstić information content (AvgIpc) is 3.61. The zero-order valence-electron chi connectivity index (χ0n) is 25.2. The minimum absolute atomic E-state index is 0.122. The number of carbonyl (C=O) groups excluding carboxylic acids is 1. The van der Waals surface area contributed by atoms with Crippen LogP contribution in [0.2, 0.25) is 0 Å². The van der Waals surface area contributed by atoms with E-state index in [9.17, 15) is 14.3 Å². The second-order valence-corrected chi connectivity index (χ2v) is 10.8. The van der Waals surface area contributed by atoms with Crippen molar-refractivity contribution in [3.8, 4) is 28.7 Å². The highest BCUT2D eigenvalue weighted by molar-refractivity contribution is 6.05. The summed E-state index contributed by atoms with van der Waals surface area (Å²) in [5.41, 5.74) is 2.83. The van der Waals surface area contributed by atoms with E-state index in [0.29, 0.717) is 56.8 Å². The van der Waals surface area contributed by atoms with E-state index in [2.05, 4.69) is 25.9 Å². The molecule has 3 aromatic carbocycles. The van der Waals surface area contributed by atoms with E-state index in [-0.39, 0.29) is 11.7 Å². The number of likely N-dealkylation sites (tertiary alicyclic amines) is 1. The van der Waals surface area contributed by atoms with Gasteiger partial charge in [-0.2, -0.15) is 0 Å². The summed E-state index contributed by atoms with van der Waals surface area (Å²) in [4.78, 5) is 23.6. The third-order valence-corrected chi connectivity index (χ3v) is 7.78. The van der Waals surface area contributed by atoms with Crippen molar-refractivity contribution in [1.29, 1.82) is 0 Å². The van der Waals surface area contributed by atoms with Crippen molar-refractivity contribution in [3.05, 3.63) is 66.3 Å². The minimum Gasteiger partial charge on any atom is -0.494 e. The third-order valence-electron chi connectivity index (χ3n) is 7.78. The summed E-state index contributed by atoms with van der Waals surface area (Å²) in [7, 11) is 4.91. The van der Waals surface area contributed by atoms with Gasteiger partial charge in [-0.25, -0.2) is 14.4 Å². The van der Waals surface area contributed by atoms with Crippen molar-refractivity contribution in [2.45, 2.75) is 32.2 Å². The lowest BCUT2D eigenvalue weighted by molar-refractivity contribution is -0.114. The molecule has 0 bridgehead atoms. The summed E-state index contributed by atoms with van der Waals surface area (Å²) in [6, 6.07) is 12.0. The highest BCUT2D eigenvalue weighted by Gasteiger charge is 2.23. The first-order valence-electron chi connectivity index (χ1n) is 14.3. The lowest BCUT2D eigenvalue weighted by atomic mass is 10.1. The predicted molar refractivity (Wildman–Crippen MR) is 167 cm³/mol. The maximum atomic E-state index is 14.9. The fraction of sp³-hybridized carbons (Fsp3) is 0.281. The summed E-state index contributed by atoms with van der Waals surface area (Å²) in [6.07, 6.45) is 3.41. The molecule has 1 aromatic heterocycles. The minimum atomic E-state index is -1.10. The van der Waals surface area contributed by atoms with Crippen molar-refractivity contribution in [1.82, 2.24) is 14.9 Å². The molecule has 0 aliphatic carbocycles. The number of rotatable bonds is 9. The van der Waals surface area contributed by atoms with Gasteiger partial charge in [-0.05, 0) is 69.3 Å². The first-order valence-corrected chi connectivity index (χ1v) is 14.3. The van der Waals surface area contributed by atoms with Crippen LogP contribution >= 0.6 is 0 Å². The second-order valence-electron chi connectivity index (χ2n) is 10.8. The Hall–Kier alpha value is -5.14. The zero-order chi connectivity index (χ0) is 31.7. The Balaban J connectivity index is 1.27. The summed E-state index contributed by atoms with van der Waals surface area (Å²) >= 11 is 0. The first kappa shape index (κ1) is 29.9. The highest BCUT2D eigenvalue weighted by Crippen LogP contribution is 2.41. The van der Waals surface area contributed by atoms with Gasteiger partial charge in [0, 0.05) is 29.6 Å². The van der Waals surface area contributed by atoms with E-state index in [4.69, 9.17) is 18.9 Å². The monoisotopic (exact) mass is 616 g/mol. The molecule has 3 heterocycles. The number of fused-ring (bicyclic) bond motifs is 2. The number of likely N-dealkylation sites (N-methyl/N-ethyl adjacent to an activating group) is 1. The molecule has 1 saturated heterocycles. The zero-order valence-corrected chi connectivity index (χ0v) is 25.2. The fourth-order valence-corrected chi connectivity index (χ4v) is 5.39. The van der Waals surface area contributed by atoms with E-state index >= 15 is 0 Å². The molecule has 0 spiro atoms. The van der Waals surface area contributed by atoms with Gasteiger partial charge >= 0.3 is 0 Å². The number of aromatic nitrogens is 2. The largest absolute Gasteiger partial charge is 0.494 e. The summed E-state index contributed by atoms with van der Waals surface area (Å²) in [5.74, 6) is 1.12. The molecule has 4 N–H and O–H groups in total. The van der Waals surface area contributed by atoms with E-state index < -0.39 is 18.1 Å². The maximum absolute atomic E-state index is 14.9. The number of nitrogens with one attached hydrogen (secondary N) is 3. The number of nitrogens with zero attached hydrogens (tertiary/aromatic N) is 3. The standard InChI is InChI=1S/C32H33FN6O6/c1-17-10-23(29(43-4)15-27(17)44-19-7-8-26-24(12-19)38-32(41)45-26)36-30-20-13-25(28(42-3)14-22(20)34-16-35-30)37-31(40)21(33)11-18-6-5-9-39(18)2/h7-8,10-16,18,32,38,41H,5-6,9H2,1-4H3,(H,37,40)(H,34,35,36)/b21-11-/t18-,32?/m1/s1. The Morgan fingerprint density at radius 2 is 1.91 bits per heavy atom. The van der Waals surface area contributed by atoms with Crippen molar-refractivity contribution in [2.24, 2.45) is 0 Å². The molecular formula is C32H33FN6O6. The topological polar surface area (TPSA) is 139 Å². The number of carbonyl (C=O) groups is 1. The Kier molecular flexibility index (Phi) is 8.28. The van der Waals surface area contributed by atoms with Crippen LogP contribution < -0.4 is 34.9 Å². The summed E-state index contributed by atoms with van der Waals surface area (Å²) in [5, 5.41) is 19.0. The van der Waals surface area contributed by atoms with Crippen LogP contribution in [0, 0.1) is 6.92 Å². The quantitative estimate of drug-likeness (QED) is 0.178. The molecule has 1 unspecified atom stereocenters. The first-order chi connectivity index (χ1) is 21.7. The number of aliphatic hydroxyl groups excluding tert-OH is 1. The maximum Gasteiger partial charge on any atom is 0.284 e. The number of benzene rings is 3. The molecular weight excluding hydrogens is 583 g/mol. The van der Waals surface area contributed by atoms with Crippen molar-refractivity contribution >= 4 is 39.7 Å². The molecule has 13 heteroatoms. The number of hydrogen-bond donors (Lipinski definition) is 4. The predicted octanol–water partition coefficient (Wildman–Crippen LogP) is 5.46. The molecule has 12 nitrogen and oxygen atoms in total. The average molecular weight is 617 g/mol. The number of ether oxygens (including phenoxy) is 4. The van der Waals surface area contributed by atoms with E-state index in [1.807, 2.05) is 24.9 Å². The van der Waals surface area contributed by atoms with Gasteiger partial charge in [0.05, 0.1) is 36.8 Å². The SMILES string of the molecule is COc1cc2ncnc(Nc3cc(C)c(Oc4ccc5c(c4)NC(O)O5)cc3OC)c2cc1NC(=O)/C(F)=C/[C@H]1CCCN1C. The van der Waals surface area contributed by atoms with Gasteiger partial charge in [-0.15, -0.1) is 0 Å². The van der Waals surface area contributed by atoms with Crippen LogP contribution in [-0.2, 0) is 4.79 Å². The van der Waals surface area contributed by atoms with Gasteiger partial charge < -0.3 is 40.0 Å². The molecule has 1 fully saturated rings. The van der Waals surface area contributed by atoms with E-state index in [1.54, 1.807) is 43.5 Å². The van der Waals surface area contributed by atoms with Gasteiger partial charge in [-0.1, -0.05) is 0 Å². The van der Waals surface area contributed by atoms with E-state index in [0.717, 1.165) is 24.9 Å². The number of anilines is 4. The Labute approximate surface area is 258 Å². The van der Waals surface area contributed by atoms with Crippen LogP contribution in [0.1, 0.15) is 18.4 Å². The van der Waals surface area contributed by atoms with Crippen LogP contribution in [0.4, 0.5) is 27.3 Å². The number of amides is 1. The van der Waals surface area contributed by atoms with Gasteiger partial charge in [0.25, 0.3) is 12.3 Å². The van der Waals surface area contributed by atoms with Gasteiger partial charge in [0.15, 0.2) is 5.83 Å². The number of aliphatic hydroxyl groups is 1. The molecule has 0 saturated carbocycles. The number of hydrogen-bond acceptors (Lipinski definition) is 11. The molecule has 6 rings (SSSR count). The second kappa shape index (κ2) is 12.5. The fourth-order valence-electron chi connectivity index (χ4n) is 5.39. The smallest absolute Gasteiger partial charge is 0.284 e. The Morgan fingerprint density at radius 3 is 2.67 bits per heavy atom. The Morgan fingerprint density at radius 1 is 1.11 bits per heavy atom. The molecule has 0 radical (unpaired) electrons. The molecule has 4 aromatic rings.